The zero-order chi connectivity index (χ0) is 28.6. The van der Waals surface area contributed by atoms with Gasteiger partial charge in [0.05, 0.1) is 28.6 Å². The lowest BCUT2D eigenvalue weighted by Gasteiger charge is -2.33. The van der Waals surface area contributed by atoms with Gasteiger partial charge in [-0.25, -0.2) is 8.42 Å². The Labute approximate surface area is 239 Å². The fourth-order valence-corrected chi connectivity index (χ4v) is 5.21. The monoisotopic (exact) mass is 591 g/mol. The first-order valence-electron chi connectivity index (χ1n) is 12.2. The summed E-state index contributed by atoms with van der Waals surface area (Å²) in [5.41, 5.74) is 1.76. The van der Waals surface area contributed by atoms with E-state index in [2.05, 4.69) is 5.32 Å². The molecule has 8 nitrogen and oxygen atoms in total. The van der Waals surface area contributed by atoms with Crippen LogP contribution in [0.5, 0.6) is 5.75 Å². The van der Waals surface area contributed by atoms with E-state index in [-0.39, 0.29) is 18.9 Å². The number of nitrogens with zero attached hydrogens (tertiary/aromatic N) is 2. The van der Waals surface area contributed by atoms with E-state index in [9.17, 15) is 18.0 Å². The molecular weight excluding hydrogens is 561 g/mol. The summed E-state index contributed by atoms with van der Waals surface area (Å²) in [6.07, 6.45) is 1.25. The second kappa shape index (κ2) is 13.7. The molecule has 1 atom stereocenters. The Bertz CT molecular complexity index is 1390. The van der Waals surface area contributed by atoms with Gasteiger partial charge in [-0.1, -0.05) is 59.6 Å². The number of likely N-dealkylation sites (N-methyl/N-ethyl adjacent to an activating group) is 1. The number of nitrogens with one attached hydrogen (secondary N) is 1. The van der Waals surface area contributed by atoms with Gasteiger partial charge in [0.2, 0.25) is 21.8 Å². The molecule has 0 saturated carbocycles. The fraction of sp³-hybridized carbons (Fsp3) is 0.286. The predicted molar refractivity (Wildman–Crippen MR) is 155 cm³/mol. The van der Waals surface area contributed by atoms with Crippen molar-refractivity contribution in [1.29, 1.82) is 0 Å². The first-order chi connectivity index (χ1) is 18.5. The van der Waals surface area contributed by atoms with Gasteiger partial charge in [0.25, 0.3) is 0 Å². The molecule has 3 aromatic rings. The molecule has 0 radical (unpaired) electrons. The van der Waals surface area contributed by atoms with Crippen LogP contribution in [-0.2, 0) is 32.6 Å². The lowest BCUT2D eigenvalue weighted by atomic mass is 10.0. The van der Waals surface area contributed by atoms with E-state index in [4.69, 9.17) is 27.9 Å². The maximum Gasteiger partial charge on any atom is 0.244 e. The van der Waals surface area contributed by atoms with E-state index in [0.29, 0.717) is 33.7 Å². The van der Waals surface area contributed by atoms with Gasteiger partial charge in [-0.15, -0.1) is 0 Å². The quantitative estimate of drug-likeness (QED) is 0.333. The summed E-state index contributed by atoms with van der Waals surface area (Å²) in [5.74, 6) is -0.381. The normalized spacial score (nSPS) is 11.9. The average molecular weight is 593 g/mol. The van der Waals surface area contributed by atoms with Crippen molar-refractivity contribution in [2.75, 3.05) is 30.8 Å². The number of carbonyl (C=O) groups excluding carboxylic acids is 2. The highest BCUT2D eigenvalue weighted by Crippen LogP contribution is 2.26. The molecule has 39 heavy (non-hydrogen) atoms. The number of hydrogen-bond acceptors (Lipinski definition) is 5. The van der Waals surface area contributed by atoms with Crippen LogP contribution in [0.4, 0.5) is 5.69 Å². The minimum Gasteiger partial charge on any atom is -0.494 e. The lowest BCUT2D eigenvalue weighted by molar-refractivity contribution is -0.139. The van der Waals surface area contributed by atoms with Crippen LogP contribution in [0.1, 0.15) is 18.1 Å². The van der Waals surface area contributed by atoms with Crippen molar-refractivity contribution in [3.63, 3.8) is 0 Å². The van der Waals surface area contributed by atoms with E-state index in [1.165, 1.54) is 11.9 Å². The van der Waals surface area contributed by atoms with Gasteiger partial charge in [-0.3, -0.25) is 13.9 Å². The van der Waals surface area contributed by atoms with Crippen LogP contribution in [0, 0.1) is 0 Å². The smallest absolute Gasteiger partial charge is 0.244 e. The van der Waals surface area contributed by atoms with Crippen LogP contribution >= 0.6 is 23.2 Å². The van der Waals surface area contributed by atoms with Crippen molar-refractivity contribution in [1.82, 2.24) is 10.2 Å². The zero-order valence-electron chi connectivity index (χ0n) is 21.9. The number of anilines is 1. The van der Waals surface area contributed by atoms with Crippen LogP contribution < -0.4 is 14.4 Å². The molecule has 0 saturated heterocycles. The summed E-state index contributed by atoms with van der Waals surface area (Å²) < 4.78 is 32.1. The second-order valence-electron chi connectivity index (χ2n) is 8.79. The molecule has 0 aromatic heterocycles. The van der Waals surface area contributed by atoms with Crippen molar-refractivity contribution in [3.8, 4) is 5.75 Å². The van der Waals surface area contributed by atoms with E-state index < -0.39 is 28.5 Å². The molecule has 0 bridgehead atoms. The Morgan fingerprint density at radius 1 is 0.949 bits per heavy atom. The summed E-state index contributed by atoms with van der Waals surface area (Å²) in [7, 11) is -2.37. The Hall–Kier alpha value is -3.27. The lowest BCUT2D eigenvalue weighted by Crippen LogP contribution is -2.52. The summed E-state index contributed by atoms with van der Waals surface area (Å²) in [6.45, 7) is 1.79. The highest BCUT2D eigenvalue weighted by atomic mass is 35.5. The van der Waals surface area contributed by atoms with Crippen LogP contribution in [0.2, 0.25) is 10.0 Å². The molecule has 3 aromatic carbocycles. The first kappa shape index (κ1) is 30.3. The van der Waals surface area contributed by atoms with Gasteiger partial charge in [0, 0.05) is 20.0 Å². The van der Waals surface area contributed by atoms with E-state index in [0.717, 1.165) is 16.1 Å². The third kappa shape index (κ3) is 8.36. The minimum atomic E-state index is -3.86. The number of carbonyl (C=O) groups is 2. The molecule has 2 amide bonds. The van der Waals surface area contributed by atoms with Gasteiger partial charge in [0.1, 0.15) is 18.3 Å². The molecule has 0 aliphatic heterocycles. The molecule has 0 unspecified atom stereocenters. The van der Waals surface area contributed by atoms with Gasteiger partial charge in [-0.2, -0.15) is 0 Å². The molecule has 0 fully saturated rings. The largest absolute Gasteiger partial charge is 0.494 e. The van der Waals surface area contributed by atoms with Crippen molar-refractivity contribution in [3.05, 3.63) is 94.0 Å². The fourth-order valence-electron chi connectivity index (χ4n) is 4.04. The summed E-state index contributed by atoms with van der Waals surface area (Å²) in [6, 6.07) is 19.7. The molecular formula is C28H31Cl2N3O5S. The Morgan fingerprint density at radius 3 is 2.18 bits per heavy atom. The highest BCUT2D eigenvalue weighted by Gasteiger charge is 2.32. The van der Waals surface area contributed by atoms with E-state index >= 15 is 0 Å². The van der Waals surface area contributed by atoms with Crippen molar-refractivity contribution < 1.29 is 22.7 Å². The van der Waals surface area contributed by atoms with Crippen LogP contribution in [0.15, 0.2) is 72.8 Å². The third-order valence-electron chi connectivity index (χ3n) is 5.97. The van der Waals surface area contributed by atoms with Crippen LogP contribution in [-0.4, -0.2) is 57.6 Å². The van der Waals surface area contributed by atoms with Gasteiger partial charge < -0.3 is 15.0 Å². The summed E-state index contributed by atoms with van der Waals surface area (Å²) in [5, 5.41) is 3.29. The number of benzene rings is 3. The standard InChI is InChI=1S/C28H31Cl2N3O5S/c1-4-38-23-13-11-22(12-14-23)33(39(3,36)37)19-27(34)32(18-21-10-15-24(29)25(30)16-21)26(28(35)31-2)17-20-8-6-5-7-9-20/h5-16,26H,4,17-19H2,1-3H3,(H,31,35)/t26-/m0/s1. The zero-order valence-corrected chi connectivity index (χ0v) is 24.3. The summed E-state index contributed by atoms with van der Waals surface area (Å²) in [4.78, 5) is 28.4. The molecule has 11 heteroatoms. The highest BCUT2D eigenvalue weighted by molar-refractivity contribution is 7.92. The second-order valence-corrected chi connectivity index (χ2v) is 11.5. The van der Waals surface area contributed by atoms with Crippen molar-refractivity contribution in [2.24, 2.45) is 0 Å². The number of ether oxygens (including phenoxy) is 1. The number of sulfonamides is 1. The molecule has 0 aliphatic rings. The molecule has 1 N–H and O–H groups in total. The third-order valence-corrected chi connectivity index (χ3v) is 7.85. The minimum absolute atomic E-state index is 0.00151. The predicted octanol–water partition coefficient (Wildman–Crippen LogP) is 4.54. The molecule has 0 aliphatic carbocycles. The Balaban J connectivity index is 2.01. The number of halogens is 2. The van der Waals surface area contributed by atoms with E-state index in [1.807, 2.05) is 37.3 Å². The van der Waals surface area contributed by atoms with Crippen LogP contribution in [0.25, 0.3) is 0 Å². The van der Waals surface area contributed by atoms with Crippen LogP contribution in [0.3, 0.4) is 0 Å². The summed E-state index contributed by atoms with van der Waals surface area (Å²) >= 11 is 12.3. The first-order valence-corrected chi connectivity index (χ1v) is 14.8. The molecule has 0 spiro atoms. The van der Waals surface area contributed by atoms with Gasteiger partial charge in [0.15, 0.2) is 0 Å². The SMILES string of the molecule is CCOc1ccc(N(CC(=O)N(Cc2ccc(Cl)c(Cl)c2)[C@@H](Cc2ccccc2)C(=O)NC)S(C)(=O)=O)cc1. The molecule has 0 heterocycles. The number of amides is 2. The Morgan fingerprint density at radius 2 is 1.62 bits per heavy atom. The average Bonchev–Trinajstić information content (AvgIpc) is 2.91. The maximum atomic E-state index is 13.9. The molecule has 3 rings (SSSR count). The van der Waals surface area contributed by atoms with Gasteiger partial charge >= 0.3 is 0 Å². The topological polar surface area (TPSA) is 96.0 Å². The van der Waals surface area contributed by atoms with Gasteiger partial charge in [-0.05, 0) is 54.4 Å². The number of rotatable bonds is 12. The molecule has 208 valence electrons. The van der Waals surface area contributed by atoms with Crippen molar-refractivity contribution in [2.45, 2.75) is 25.9 Å². The Kier molecular flexibility index (Phi) is 10.6. The van der Waals surface area contributed by atoms with Crippen molar-refractivity contribution >= 4 is 50.7 Å². The number of hydrogen-bond donors (Lipinski definition) is 1. The van der Waals surface area contributed by atoms with E-state index in [1.54, 1.807) is 42.5 Å². The maximum absolute atomic E-state index is 13.9.